The standard InChI is InChI=1S/C14H14OS/c1-10-9-12(5-8-14(10)15)11-3-6-13(16-2)7-4-11/h3-9,15H,1-2H3. The zero-order valence-electron chi connectivity index (χ0n) is 9.40. The molecule has 1 nitrogen and oxygen atoms in total. The fourth-order valence-electron chi connectivity index (χ4n) is 1.62. The summed E-state index contributed by atoms with van der Waals surface area (Å²) in [4.78, 5) is 1.26. The maximum absolute atomic E-state index is 9.47. The van der Waals surface area contributed by atoms with E-state index in [1.54, 1.807) is 17.8 Å². The molecule has 0 aliphatic rings. The number of hydrogen-bond donors (Lipinski definition) is 1. The van der Waals surface area contributed by atoms with Gasteiger partial charge in [-0.05, 0) is 54.1 Å². The first-order chi connectivity index (χ1) is 7.70. The minimum Gasteiger partial charge on any atom is -0.508 e. The average molecular weight is 230 g/mol. The predicted octanol–water partition coefficient (Wildman–Crippen LogP) is 4.09. The molecule has 0 heterocycles. The largest absolute Gasteiger partial charge is 0.508 e. The normalized spacial score (nSPS) is 10.4. The van der Waals surface area contributed by atoms with E-state index in [4.69, 9.17) is 0 Å². The smallest absolute Gasteiger partial charge is 0.118 e. The summed E-state index contributed by atoms with van der Waals surface area (Å²) in [5.74, 6) is 0.351. The van der Waals surface area contributed by atoms with E-state index in [1.807, 2.05) is 19.1 Å². The van der Waals surface area contributed by atoms with Gasteiger partial charge in [-0.15, -0.1) is 11.8 Å². The van der Waals surface area contributed by atoms with Crippen molar-refractivity contribution >= 4 is 11.8 Å². The lowest BCUT2D eigenvalue weighted by Crippen LogP contribution is -1.80. The highest BCUT2D eigenvalue weighted by molar-refractivity contribution is 7.98. The lowest BCUT2D eigenvalue weighted by molar-refractivity contribution is 0.471. The highest BCUT2D eigenvalue weighted by atomic mass is 32.2. The molecule has 2 rings (SSSR count). The van der Waals surface area contributed by atoms with Crippen LogP contribution in [-0.2, 0) is 0 Å². The summed E-state index contributed by atoms with van der Waals surface area (Å²) >= 11 is 1.74. The molecule has 0 spiro atoms. The maximum Gasteiger partial charge on any atom is 0.118 e. The van der Waals surface area contributed by atoms with Gasteiger partial charge in [-0.3, -0.25) is 0 Å². The van der Waals surface area contributed by atoms with E-state index in [-0.39, 0.29) is 0 Å². The van der Waals surface area contributed by atoms with Crippen LogP contribution in [0.25, 0.3) is 11.1 Å². The second-order valence-corrected chi connectivity index (χ2v) is 4.61. The Balaban J connectivity index is 2.38. The Morgan fingerprint density at radius 2 is 1.56 bits per heavy atom. The van der Waals surface area contributed by atoms with Crippen LogP contribution in [0.3, 0.4) is 0 Å². The number of aryl methyl sites for hydroxylation is 1. The van der Waals surface area contributed by atoms with Crippen LogP contribution in [0.2, 0.25) is 0 Å². The van der Waals surface area contributed by atoms with Gasteiger partial charge in [-0.1, -0.05) is 18.2 Å². The minimum absolute atomic E-state index is 0.351. The third-order valence-corrected chi connectivity index (χ3v) is 3.36. The molecule has 0 saturated carbocycles. The zero-order chi connectivity index (χ0) is 11.5. The van der Waals surface area contributed by atoms with Crippen LogP contribution in [0.1, 0.15) is 5.56 Å². The number of hydrogen-bond acceptors (Lipinski definition) is 2. The van der Waals surface area contributed by atoms with E-state index in [0.29, 0.717) is 5.75 Å². The van der Waals surface area contributed by atoms with Crippen LogP contribution in [0.4, 0.5) is 0 Å². The van der Waals surface area contributed by atoms with E-state index in [0.717, 1.165) is 11.1 Å². The van der Waals surface area contributed by atoms with Crippen LogP contribution in [-0.4, -0.2) is 11.4 Å². The molecule has 0 saturated heterocycles. The fraction of sp³-hybridized carbons (Fsp3) is 0.143. The molecule has 0 unspecified atom stereocenters. The van der Waals surface area contributed by atoms with E-state index in [1.165, 1.54) is 10.5 Å². The van der Waals surface area contributed by atoms with Crippen LogP contribution in [0.15, 0.2) is 47.4 Å². The van der Waals surface area contributed by atoms with Crippen molar-refractivity contribution in [3.8, 4) is 16.9 Å². The summed E-state index contributed by atoms with van der Waals surface area (Å²) < 4.78 is 0. The van der Waals surface area contributed by atoms with Crippen molar-refractivity contribution in [2.45, 2.75) is 11.8 Å². The van der Waals surface area contributed by atoms with Crippen molar-refractivity contribution in [1.29, 1.82) is 0 Å². The zero-order valence-corrected chi connectivity index (χ0v) is 10.2. The first-order valence-electron chi connectivity index (χ1n) is 5.15. The Labute approximate surface area is 100 Å². The Morgan fingerprint density at radius 1 is 0.938 bits per heavy atom. The molecule has 2 aromatic rings. The molecule has 16 heavy (non-hydrogen) atoms. The van der Waals surface area contributed by atoms with E-state index in [9.17, 15) is 5.11 Å². The van der Waals surface area contributed by atoms with Gasteiger partial charge in [-0.2, -0.15) is 0 Å². The molecule has 82 valence electrons. The van der Waals surface area contributed by atoms with Gasteiger partial charge in [-0.25, -0.2) is 0 Å². The van der Waals surface area contributed by atoms with Crippen molar-refractivity contribution in [1.82, 2.24) is 0 Å². The van der Waals surface area contributed by atoms with E-state index in [2.05, 4.69) is 30.5 Å². The lowest BCUT2D eigenvalue weighted by Gasteiger charge is -2.05. The quantitative estimate of drug-likeness (QED) is 0.784. The molecule has 0 amide bonds. The minimum atomic E-state index is 0.351. The van der Waals surface area contributed by atoms with Gasteiger partial charge >= 0.3 is 0 Å². The maximum atomic E-state index is 9.47. The Bertz CT molecular complexity index is 489. The number of phenols is 1. The van der Waals surface area contributed by atoms with Crippen LogP contribution < -0.4 is 0 Å². The number of thioether (sulfide) groups is 1. The Kier molecular flexibility index (Phi) is 3.20. The second-order valence-electron chi connectivity index (χ2n) is 3.73. The summed E-state index contributed by atoms with van der Waals surface area (Å²) in [6.07, 6.45) is 2.07. The summed E-state index contributed by atoms with van der Waals surface area (Å²) in [5, 5.41) is 9.47. The first-order valence-corrected chi connectivity index (χ1v) is 6.37. The van der Waals surface area contributed by atoms with Gasteiger partial charge in [0.1, 0.15) is 5.75 Å². The second kappa shape index (κ2) is 4.62. The molecule has 0 aliphatic heterocycles. The number of rotatable bonds is 2. The van der Waals surface area contributed by atoms with Gasteiger partial charge in [0.25, 0.3) is 0 Å². The fourth-order valence-corrected chi connectivity index (χ4v) is 2.03. The molecule has 0 radical (unpaired) electrons. The lowest BCUT2D eigenvalue weighted by atomic mass is 10.0. The summed E-state index contributed by atoms with van der Waals surface area (Å²) in [6, 6.07) is 14.1. The first kappa shape index (κ1) is 11.1. The molecule has 0 bridgehead atoms. The highest BCUT2D eigenvalue weighted by Crippen LogP contribution is 2.26. The van der Waals surface area contributed by atoms with Gasteiger partial charge in [0.2, 0.25) is 0 Å². The Morgan fingerprint density at radius 3 is 2.12 bits per heavy atom. The van der Waals surface area contributed by atoms with Crippen molar-refractivity contribution in [3.63, 3.8) is 0 Å². The monoisotopic (exact) mass is 230 g/mol. The summed E-state index contributed by atoms with van der Waals surface area (Å²) in [7, 11) is 0. The molecule has 1 N–H and O–H groups in total. The van der Waals surface area contributed by atoms with E-state index < -0.39 is 0 Å². The van der Waals surface area contributed by atoms with Gasteiger partial charge in [0, 0.05) is 4.90 Å². The van der Waals surface area contributed by atoms with Crippen LogP contribution in [0.5, 0.6) is 5.75 Å². The number of benzene rings is 2. The molecule has 2 heteroatoms. The molecule has 0 aliphatic carbocycles. The third-order valence-electron chi connectivity index (χ3n) is 2.62. The van der Waals surface area contributed by atoms with Crippen molar-refractivity contribution in [3.05, 3.63) is 48.0 Å². The number of aromatic hydroxyl groups is 1. The predicted molar refractivity (Wildman–Crippen MR) is 70.1 cm³/mol. The molecule has 0 aromatic heterocycles. The third kappa shape index (κ3) is 2.22. The topological polar surface area (TPSA) is 20.2 Å². The molecular weight excluding hydrogens is 216 g/mol. The van der Waals surface area contributed by atoms with Gasteiger partial charge < -0.3 is 5.11 Å². The van der Waals surface area contributed by atoms with Crippen LogP contribution in [0, 0.1) is 6.92 Å². The number of phenolic OH excluding ortho intramolecular Hbond substituents is 1. The van der Waals surface area contributed by atoms with E-state index >= 15 is 0 Å². The SMILES string of the molecule is CSc1ccc(-c2ccc(O)c(C)c2)cc1. The molecule has 2 aromatic carbocycles. The highest BCUT2D eigenvalue weighted by Gasteiger charge is 2.01. The van der Waals surface area contributed by atoms with Crippen molar-refractivity contribution in [2.24, 2.45) is 0 Å². The van der Waals surface area contributed by atoms with Gasteiger partial charge in [0.15, 0.2) is 0 Å². The van der Waals surface area contributed by atoms with Crippen LogP contribution >= 0.6 is 11.8 Å². The van der Waals surface area contributed by atoms with Gasteiger partial charge in [0.05, 0.1) is 0 Å². The Hall–Kier alpha value is -1.41. The summed E-state index contributed by atoms with van der Waals surface area (Å²) in [5.41, 5.74) is 3.23. The molecule has 0 atom stereocenters. The van der Waals surface area contributed by atoms with Crippen molar-refractivity contribution in [2.75, 3.05) is 6.26 Å². The van der Waals surface area contributed by atoms with Crippen molar-refractivity contribution < 1.29 is 5.11 Å². The summed E-state index contributed by atoms with van der Waals surface area (Å²) in [6.45, 7) is 1.91. The molecular formula is C14H14OS. The average Bonchev–Trinajstić information content (AvgIpc) is 2.33. The molecule has 0 fully saturated rings.